The van der Waals surface area contributed by atoms with Gasteiger partial charge in [-0.3, -0.25) is 14.8 Å². The highest BCUT2D eigenvalue weighted by Gasteiger charge is 2.17. The standard InChI is InChI=1S/C18H21N6O3.2ClH/c1-20-7-9-22(13-20)11-17(25)19-15-3-5-16(6-4-15)24(27)18(26)12-23-10-8-21(2)14-23;;/h3-10,13-14,27H,11-12H2,1-2H3;2*1H/q+1;;/p-1. The molecule has 2 N–H and O–H groups in total. The Morgan fingerprint density at radius 2 is 1.48 bits per heavy atom. The molecular weight excluding hydrogens is 419 g/mol. The average Bonchev–Trinajstić information content (AvgIpc) is 3.22. The molecule has 0 saturated carbocycles. The zero-order valence-corrected chi connectivity index (χ0v) is 17.5. The number of aromatic nitrogens is 4. The van der Waals surface area contributed by atoms with Crippen LogP contribution >= 0.6 is 0 Å². The number of halogens is 2. The van der Waals surface area contributed by atoms with Gasteiger partial charge in [0.05, 0.1) is 19.8 Å². The molecule has 0 aliphatic heterocycles. The minimum atomic E-state index is -0.469. The van der Waals surface area contributed by atoms with Crippen molar-refractivity contribution in [3.63, 3.8) is 0 Å². The highest BCUT2D eigenvalue weighted by molar-refractivity contribution is 5.92. The third-order valence-corrected chi connectivity index (χ3v) is 3.92. The number of carbonyl (C=O) groups excluding carboxylic acids is 2. The number of hydroxylamine groups is 1. The highest BCUT2D eigenvalue weighted by Crippen LogP contribution is 2.17. The van der Waals surface area contributed by atoms with Crippen LogP contribution < -0.4 is 44.3 Å². The highest BCUT2D eigenvalue weighted by atomic mass is 35.5. The lowest BCUT2D eigenvalue weighted by molar-refractivity contribution is -0.671. The number of amides is 2. The summed E-state index contributed by atoms with van der Waals surface area (Å²) in [5.74, 6) is -0.639. The Hall–Kier alpha value is -2.88. The number of carbonyl (C=O) groups is 2. The molecule has 0 bridgehead atoms. The van der Waals surface area contributed by atoms with Gasteiger partial charge < -0.3 is 30.1 Å². The average molecular weight is 441 g/mol. The number of nitrogens with one attached hydrogen (secondary N) is 1. The van der Waals surface area contributed by atoms with E-state index in [1.807, 2.05) is 37.4 Å². The summed E-state index contributed by atoms with van der Waals surface area (Å²) in [7, 11) is 3.73. The van der Waals surface area contributed by atoms with E-state index in [-0.39, 0.29) is 43.8 Å². The van der Waals surface area contributed by atoms with Crippen LogP contribution in [0.15, 0.2) is 61.7 Å². The molecule has 3 aromatic rings. The van der Waals surface area contributed by atoms with E-state index >= 15 is 0 Å². The molecule has 29 heavy (non-hydrogen) atoms. The first-order valence-corrected chi connectivity index (χ1v) is 8.34. The van der Waals surface area contributed by atoms with Crippen molar-refractivity contribution in [2.45, 2.75) is 13.1 Å². The monoisotopic (exact) mass is 440 g/mol. The number of nitrogens with zero attached hydrogens (tertiary/aromatic N) is 5. The van der Waals surface area contributed by atoms with Crippen LogP contribution in [0.4, 0.5) is 11.4 Å². The fourth-order valence-corrected chi connectivity index (χ4v) is 2.61. The van der Waals surface area contributed by atoms with Crippen LogP contribution in [0.1, 0.15) is 0 Å². The molecule has 2 amide bonds. The van der Waals surface area contributed by atoms with Gasteiger partial charge in [-0.2, -0.15) is 5.06 Å². The third-order valence-electron chi connectivity index (χ3n) is 3.92. The summed E-state index contributed by atoms with van der Waals surface area (Å²) in [6.45, 7) is 0.214. The van der Waals surface area contributed by atoms with E-state index < -0.39 is 5.91 Å². The first kappa shape index (κ1) is 24.2. The maximum Gasteiger partial charge on any atom is 0.292 e. The van der Waals surface area contributed by atoms with Crippen molar-refractivity contribution in [3.8, 4) is 0 Å². The molecule has 0 saturated heterocycles. The molecule has 11 heteroatoms. The maximum absolute atomic E-state index is 12.2. The Labute approximate surface area is 180 Å². The maximum atomic E-state index is 12.2. The molecule has 0 fully saturated rings. The van der Waals surface area contributed by atoms with Crippen LogP contribution in [0, 0.1) is 0 Å². The molecule has 2 heterocycles. The van der Waals surface area contributed by atoms with E-state index in [1.165, 1.54) is 0 Å². The van der Waals surface area contributed by atoms with Crippen molar-refractivity contribution in [2.75, 3.05) is 10.4 Å². The van der Waals surface area contributed by atoms with Gasteiger partial charge in [0.1, 0.15) is 24.8 Å². The van der Waals surface area contributed by atoms with E-state index in [9.17, 15) is 14.8 Å². The molecule has 9 nitrogen and oxygen atoms in total. The van der Waals surface area contributed by atoms with Crippen molar-refractivity contribution < 1.29 is 48.7 Å². The molecule has 0 atom stereocenters. The molecule has 1 aromatic carbocycles. The Bertz CT molecular complexity index is 955. The second-order valence-corrected chi connectivity index (χ2v) is 6.30. The lowest BCUT2D eigenvalue weighted by atomic mass is 10.2. The van der Waals surface area contributed by atoms with Crippen LogP contribution in [0.2, 0.25) is 0 Å². The summed E-state index contributed by atoms with van der Waals surface area (Å²) >= 11 is 0. The van der Waals surface area contributed by atoms with Crippen molar-refractivity contribution in [1.82, 2.24) is 9.13 Å². The molecule has 2 aromatic heterocycles. The number of rotatable bonds is 6. The van der Waals surface area contributed by atoms with Crippen LogP contribution in [0.25, 0.3) is 0 Å². The summed E-state index contributed by atoms with van der Waals surface area (Å²) < 4.78 is 7.09. The molecule has 3 rings (SSSR count). The van der Waals surface area contributed by atoms with E-state index in [2.05, 4.69) is 5.32 Å². The molecular formula is C18H22Cl2N6O3. The van der Waals surface area contributed by atoms with Crippen molar-refractivity contribution in [2.24, 2.45) is 14.1 Å². The molecule has 0 aliphatic rings. The van der Waals surface area contributed by atoms with Crippen molar-refractivity contribution in [3.05, 3.63) is 61.7 Å². The number of imidazole rings is 2. The van der Waals surface area contributed by atoms with Crippen LogP contribution in [0.5, 0.6) is 0 Å². The Kier molecular flexibility index (Phi) is 8.84. The molecule has 0 unspecified atom stereocenters. The summed E-state index contributed by atoms with van der Waals surface area (Å²) in [6.07, 6.45) is 10.8. The second kappa shape index (κ2) is 10.6. The quantitative estimate of drug-likeness (QED) is 0.227. The van der Waals surface area contributed by atoms with Crippen LogP contribution in [-0.4, -0.2) is 26.2 Å². The third kappa shape index (κ3) is 6.60. The first-order chi connectivity index (χ1) is 12.9. The Morgan fingerprint density at radius 3 is 1.97 bits per heavy atom. The van der Waals surface area contributed by atoms with Gasteiger partial charge in [0, 0.05) is 5.69 Å². The van der Waals surface area contributed by atoms with Gasteiger partial charge in [-0.1, -0.05) is 0 Å². The molecule has 156 valence electrons. The lowest BCUT2D eigenvalue weighted by Crippen LogP contribution is -3.00. The summed E-state index contributed by atoms with van der Waals surface area (Å²) in [6, 6.07) is 6.40. The van der Waals surface area contributed by atoms with Gasteiger partial charge >= 0.3 is 0 Å². The minimum absolute atomic E-state index is 0. The number of anilines is 2. The topological polar surface area (TPSA) is 87.3 Å². The minimum Gasteiger partial charge on any atom is -1.00 e. The fraction of sp³-hybridized carbons (Fsp3) is 0.222. The van der Waals surface area contributed by atoms with Gasteiger partial charge in [0.25, 0.3) is 11.8 Å². The predicted molar refractivity (Wildman–Crippen MR) is 95.6 cm³/mol. The number of aryl methyl sites for hydroxylation is 2. The Balaban J connectivity index is 0.00000210. The van der Waals surface area contributed by atoms with E-state index in [0.29, 0.717) is 16.4 Å². The summed E-state index contributed by atoms with van der Waals surface area (Å²) in [4.78, 5) is 24.2. The molecule has 0 aliphatic carbocycles. The largest absolute Gasteiger partial charge is 1.00 e. The van der Waals surface area contributed by atoms with E-state index in [1.54, 1.807) is 56.7 Å². The van der Waals surface area contributed by atoms with Crippen LogP contribution in [-0.2, 0) is 36.8 Å². The van der Waals surface area contributed by atoms with Gasteiger partial charge in [0.2, 0.25) is 12.7 Å². The second-order valence-electron chi connectivity index (χ2n) is 6.30. The summed E-state index contributed by atoms with van der Waals surface area (Å²) in [5, 5.41) is 13.5. The predicted octanol–water partition coefficient (Wildman–Crippen LogP) is -5.99. The van der Waals surface area contributed by atoms with Gasteiger partial charge in [-0.15, -0.1) is 0 Å². The fourth-order valence-electron chi connectivity index (χ4n) is 2.61. The zero-order valence-electron chi connectivity index (χ0n) is 15.9. The molecule has 0 spiro atoms. The lowest BCUT2D eigenvalue weighted by Gasteiger charge is -2.14. The normalized spacial score (nSPS) is 9.90. The number of hydrogen-bond acceptors (Lipinski definition) is 3. The van der Waals surface area contributed by atoms with Crippen molar-refractivity contribution >= 4 is 23.2 Å². The zero-order chi connectivity index (χ0) is 19.4. The Morgan fingerprint density at radius 1 is 0.966 bits per heavy atom. The van der Waals surface area contributed by atoms with Gasteiger partial charge in [0.15, 0.2) is 13.1 Å². The van der Waals surface area contributed by atoms with E-state index in [4.69, 9.17) is 0 Å². The van der Waals surface area contributed by atoms with Gasteiger partial charge in [-0.05, 0) is 24.3 Å². The van der Waals surface area contributed by atoms with Crippen LogP contribution in [0.3, 0.4) is 0 Å². The van der Waals surface area contributed by atoms with Crippen molar-refractivity contribution in [1.29, 1.82) is 0 Å². The first-order valence-electron chi connectivity index (χ1n) is 8.34. The summed E-state index contributed by atoms with van der Waals surface area (Å²) in [5.41, 5.74) is 0.908. The SMILES string of the molecule is C[n+]1ccn(CC(=O)Nc2ccc(N(O)C(=O)Cn3cc[n+](C)c3)cc2)c1.[Cl-].[Cl-]. The number of hydrogen-bond donors (Lipinski definition) is 2. The smallest absolute Gasteiger partial charge is 0.292 e. The van der Waals surface area contributed by atoms with E-state index in [0.717, 1.165) is 0 Å². The molecule has 0 radical (unpaired) electrons. The number of benzene rings is 1. The van der Waals surface area contributed by atoms with Gasteiger partial charge in [-0.25, -0.2) is 18.3 Å².